The normalized spacial score (nSPS) is 18.8. The van der Waals surface area contributed by atoms with E-state index in [0.717, 1.165) is 25.7 Å². The molecule has 0 bridgehead atoms. The number of allylic oxidation sites excluding steroid dienone is 1. The maximum Gasteiger partial charge on any atom is 0.161 e. The minimum Gasteiger partial charge on any atom is -0.385 e. The Morgan fingerprint density at radius 2 is 2.33 bits per heavy atom. The molecular weight excluding hydrogens is 152 g/mol. The van der Waals surface area contributed by atoms with Crippen LogP contribution in [0.25, 0.3) is 0 Å². The van der Waals surface area contributed by atoms with Gasteiger partial charge in [0.25, 0.3) is 0 Å². The molecule has 0 aromatic rings. The number of carbonyl (C=O) groups is 1. The first kappa shape index (κ1) is 9.46. The highest BCUT2D eigenvalue weighted by Gasteiger charge is 2.33. The number of hydrogen-bond donors (Lipinski definition) is 1. The molecule has 1 aliphatic rings. The van der Waals surface area contributed by atoms with Crippen LogP contribution in [0.5, 0.6) is 0 Å². The van der Waals surface area contributed by atoms with Crippen molar-refractivity contribution in [2.24, 2.45) is 5.92 Å². The lowest BCUT2D eigenvalue weighted by molar-refractivity contribution is -0.128. The van der Waals surface area contributed by atoms with Crippen molar-refractivity contribution >= 4 is 5.78 Å². The SMILES string of the molecule is C=CCCCC(=O)C(O)C1CC1. The first-order chi connectivity index (χ1) is 5.75. The van der Waals surface area contributed by atoms with Crippen molar-refractivity contribution in [2.45, 2.75) is 38.2 Å². The standard InChI is InChI=1S/C10H16O2/c1-2-3-4-5-9(11)10(12)8-6-7-8/h2,8,10,12H,1,3-7H2. The minimum atomic E-state index is -0.671. The van der Waals surface area contributed by atoms with Crippen LogP contribution >= 0.6 is 0 Å². The summed E-state index contributed by atoms with van der Waals surface area (Å²) in [6.07, 6.45) is 5.37. The van der Waals surface area contributed by atoms with Crippen LogP contribution in [0.1, 0.15) is 32.1 Å². The number of hydrogen-bond acceptors (Lipinski definition) is 2. The van der Waals surface area contributed by atoms with E-state index in [-0.39, 0.29) is 11.7 Å². The smallest absolute Gasteiger partial charge is 0.161 e. The Bertz CT molecular complexity index is 171. The van der Waals surface area contributed by atoms with Crippen LogP contribution in [-0.4, -0.2) is 17.0 Å². The highest BCUT2D eigenvalue weighted by molar-refractivity contribution is 5.83. The summed E-state index contributed by atoms with van der Waals surface area (Å²) in [4.78, 5) is 11.2. The van der Waals surface area contributed by atoms with Gasteiger partial charge in [0.05, 0.1) is 0 Å². The molecule has 0 heterocycles. The van der Waals surface area contributed by atoms with Gasteiger partial charge in [-0.2, -0.15) is 0 Å². The molecule has 1 atom stereocenters. The third kappa shape index (κ3) is 2.78. The van der Waals surface area contributed by atoms with E-state index in [4.69, 9.17) is 0 Å². The monoisotopic (exact) mass is 168 g/mol. The van der Waals surface area contributed by atoms with Crippen LogP contribution in [0.4, 0.5) is 0 Å². The van der Waals surface area contributed by atoms with Crippen molar-refractivity contribution in [2.75, 3.05) is 0 Å². The summed E-state index contributed by atoms with van der Waals surface area (Å²) in [6.45, 7) is 3.58. The lowest BCUT2D eigenvalue weighted by atomic mass is 10.1. The molecule has 1 rings (SSSR count). The number of aliphatic hydroxyl groups is 1. The van der Waals surface area contributed by atoms with E-state index in [2.05, 4.69) is 6.58 Å². The number of Topliss-reactive ketones (excluding diaryl/α,β-unsaturated/α-hetero) is 1. The summed E-state index contributed by atoms with van der Waals surface area (Å²) in [6, 6.07) is 0. The van der Waals surface area contributed by atoms with Gasteiger partial charge in [-0.05, 0) is 31.6 Å². The Balaban J connectivity index is 2.13. The Morgan fingerprint density at radius 3 is 2.83 bits per heavy atom. The number of ketones is 1. The predicted octanol–water partition coefficient (Wildman–Crippen LogP) is 1.68. The van der Waals surface area contributed by atoms with E-state index in [9.17, 15) is 9.90 Å². The van der Waals surface area contributed by atoms with Gasteiger partial charge in [-0.3, -0.25) is 4.79 Å². The number of carbonyl (C=O) groups excluding carboxylic acids is 1. The van der Waals surface area contributed by atoms with Crippen LogP contribution in [0.2, 0.25) is 0 Å². The quantitative estimate of drug-likeness (QED) is 0.484. The maximum absolute atomic E-state index is 11.2. The van der Waals surface area contributed by atoms with Gasteiger partial charge in [0, 0.05) is 6.42 Å². The molecule has 0 aromatic carbocycles. The Morgan fingerprint density at radius 1 is 1.67 bits per heavy atom. The molecule has 0 radical (unpaired) electrons. The van der Waals surface area contributed by atoms with Gasteiger partial charge in [-0.15, -0.1) is 6.58 Å². The molecule has 1 N–H and O–H groups in total. The van der Waals surface area contributed by atoms with E-state index >= 15 is 0 Å². The van der Waals surface area contributed by atoms with E-state index < -0.39 is 6.10 Å². The molecule has 0 amide bonds. The summed E-state index contributed by atoms with van der Waals surface area (Å²) >= 11 is 0. The second-order valence-electron chi connectivity index (χ2n) is 3.43. The zero-order valence-electron chi connectivity index (χ0n) is 7.33. The number of aliphatic hydroxyl groups excluding tert-OH is 1. The van der Waals surface area contributed by atoms with Crippen LogP contribution in [0.3, 0.4) is 0 Å². The van der Waals surface area contributed by atoms with Crippen LogP contribution in [0.15, 0.2) is 12.7 Å². The fourth-order valence-corrected chi connectivity index (χ4v) is 1.24. The molecular formula is C10H16O2. The van der Waals surface area contributed by atoms with Gasteiger partial charge in [-0.1, -0.05) is 6.08 Å². The Hall–Kier alpha value is -0.630. The molecule has 2 nitrogen and oxygen atoms in total. The van der Waals surface area contributed by atoms with Gasteiger partial charge in [-0.25, -0.2) is 0 Å². The van der Waals surface area contributed by atoms with Gasteiger partial charge in [0.15, 0.2) is 5.78 Å². The Labute approximate surface area is 73.3 Å². The zero-order valence-corrected chi connectivity index (χ0v) is 7.33. The van der Waals surface area contributed by atoms with E-state index in [1.807, 2.05) is 0 Å². The largest absolute Gasteiger partial charge is 0.385 e. The molecule has 12 heavy (non-hydrogen) atoms. The molecule has 0 aliphatic heterocycles. The van der Waals surface area contributed by atoms with Gasteiger partial charge in [0.2, 0.25) is 0 Å². The summed E-state index contributed by atoms with van der Waals surface area (Å²) in [5.74, 6) is 0.292. The number of unbranched alkanes of at least 4 members (excludes halogenated alkanes) is 1. The number of rotatable bonds is 6. The summed E-state index contributed by atoms with van der Waals surface area (Å²) < 4.78 is 0. The lowest BCUT2D eigenvalue weighted by Crippen LogP contribution is -2.21. The van der Waals surface area contributed by atoms with E-state index in [1.165, 1.54) is 0 Å². The summed E-state index contributed by atoms with van der Waals surface area (Å²) in [7, 11) is 0. The summed E-state index contributed by atoms with van der Waals surface area (Å²) in [5, 5.41) is 9.38. The second kappa shape index (κ2) is 4.41. The molecule has 0 aromatic heterocycles. The molecule has 1 unspecified atom stereocenters. The van der Waals surface area contributed by atoms with E-state index in [1.54, 1.807) is 6.08 Å². The molecule has 0 spiro atoms. The van der Waals surface area contributed by atoms with Gasteiger partial charge >= 0.3 is 0 Å². The predicted molar refractivity (Wildman–Crippen MR) is 47.8 cm³/mol. The summed E-state index contributed by atoms with van der Waals surface area (Å²) in [5.41, 5.74) is 0. The van der Waals surface area contributed by atoms with Crippen molar-refractivity contribution in [3.8, 4) is 0 Å². The maximum atomic E-state index is 11.2. The van der Waals surface area contributed by atoms with Crippen LogP contribution in [-0.2, 0) is 4.79 Å². The fourth-order valence-electron chi connectivity index (χ4n) is 1.24. The first-order valence-corrected chi connectivity index (χ1v) is 4.57. The third-order valence-electron chi connectivity index (χ3n) is 2.23. The van der Waals surface area contributed by atoms with Crippen molar-refractivity contribution in [3.63, 3.8) is 0 Å². The van der Waals surface area contributed by atoms with Crippen LogP contribution < -0.4 is 0 Å². The highest BCUT2D eigenvalue weighted by Crippen LogP contribution is 2.33. The lowest BCUT2D eigenvalue weighted by Gasteiger charge is -2.06. The zero-order chi connectivity index (χ0) is 8.97. The fraction of sp³-hybridized carbons (Fsp3) is 0.700. The molecule has 1 saturated carbocycles. The molecule has 1 aliphatic carbocycles. The van der Waals surface area contributed by atoms with E-state index in [0.29, 0.717) is 6.42 Å². The van der Waals surface area contributed by atoms with Crippen molar-refractivity contribution < 1.29 is 9.90 Å². The van der Waals surface area contributed by atoms with Gasteiger partial charge in [0.1, 0.15) is 6.10 Å². The molecule has 2 heteroatoms. The first-order valence-electron chi connectivity index (χ1n) is 4.57. The minimum absolute atomic E-state index is 0.0133. The van der Waals surface area contributed by atoms with Crippen molar-refractivity contribution in [3.05, 3.63) is 12.7 Å². The molecule has 0 saturated heterocycles. The second-order valence-corrected chi connectivity index (χ2v) is 3.43. The third-order valence-corrected chi connectivity index (χ3v) is 2.23. The average Bonchev–Trinajstić information content (AvgIpc) is 2.86. The average molecular weight is 168 g/mol. The highest BCUT2D eigenvalue weighted by atomic mass is 16.3. The molecule has 1 fully saturated rings. The van der Waals surface area contributed by atoms with Crippen molar-refractivity contribution in [1.82, 2.24) is 0 Å². The topological polar surface area (TPSA) is 37.3 Å². The van der Waals surface area contributed by atoms with Crippen LogP contribution in [0, 0.1) is 5.92 Å². The Kier molecular flexibility index (Phi) is 3.48. The van der Waals surface area contributed by atoms with Crippen molar-refractivity contribution in [1.29, 1.82) is 0 Å². The van der Waals surface area contributed by atoms with Gasteiger partial charge < -0.3 is 5.11 Å². The molecule has 68 valence electrons.